The summed E-state index contributed by atoms with van der Waals surface area (Å²) in [7, 11) is 1.74. The largest absolute Gasteiger partial charge is 0.496 e. The molecule has 1 saturated heterocycles. The lowest BCUT2D eigenvalue weighted by molar-refractivity contribution is 0.381. The molecule has 0 spiro atoms. The van der Waals surface area contributed by atoms with Gasteiger partial charge in [0, 0.05) is 6.04 Å². The highest BCUT2D eigenvalue weighted by Crippen LogP contribution is 2.21. The highest BCUT2D eigenvalue weighted by molar-refractivity contribution is 5.33. The van der Waals surface area contributed by atoms with Crippen LogP contribution in [0.15, 0.2) is 24.3 Å². The van der Waals surface area contributed by atoms with Crippen molar-refractivity contribution in [1.82, 2.24) is 5.32 Å². The van der Waals surface area contributed by atoms with Crippen LogP contribution in [-0.2, 0) is 6.42 Å². The van der Waals surface area contributed by atoms with Crippen LogP contribution in [0.5, 0.6) is 5.75 Å². The molecule has 1 aromatic carbocycles. The summed E-state index contributed by atoms with van der Waals surface area (Å²) in [5, 5.41) is 3.56. The Kier molecular flexibility index (Phi) is 3.62. The minimum atomic E-state index is 0.634. The Morgan fingerprint density at radius 2 is 2.20 bits per heavy atom. The van der Waals surface area contributed by atoms with Crippen molar-refractivity contribution in [2.75, 3.05) is 13.7 Å². The van der Waals surface area contributed by atoms with Gasteiger partial charge < -0.3 is 10.1 Å². The molecule has 1 heterocycles. The molecule has 0 saturated carbocycles. The second-order valence-electron chi connectivity index (χ2n) is 4.16. The van der Waals surface area contributed by atoms with E-state index in [1.165, 1.54) is 31.4 Å². The summed E-state index contributed by atoms with van der Waals surface area (Å²) in [6.07, 6.45) is 5.05. The molecule has 1 fully saturated rings. The van der Waals surface area contributed by atoms with Crippen LogP contribution >= 0.6 is 0 Å². The highest BCUT2D eigenvalue weighted by Gasteiger charge is 2.14. The van der Waals surface area contributed by atoms with Crippen LogP contribution in [0, 0.1) is 0 Å². The minimum absolute atomic E-state index is 0.634. The third kappa shape index (κ3) is 2.72. The maximum atomic E-state index is 5.36. The first-order valence-electron chi connectivity index (χ1n) is 5.75. The Balaban J connectivity index is 2.02. The van der Waals surface area contributed by atoms with Crippen molar-refractivity contribution in [3.63, 3.8) is 0 Å². The van der Waals surface area contributed by atoms with E-state index in [0.717, 1.165) is 12.2 Å². The molecular weight excluding hydrogens is 186 g/mol. The standard InChI is InChI=1S/C13H19NO/c1-15-13-8-3-2-6-11(13)10-12-7-4-5-9-14-12/h2-3,6,8,12,14H,4-5,7,9-10H2,1H3. The zero-order valence-electron chi connectivity index (χ0n) is 9.33. The van der Waals surface area contributed by atoms with Gasteiger partial charge in [-0.1, -0.05) is 24.6 Å². The van der Waals surface area contributed by atoms with Gasteiger partial charge in [-0.15, -0.1) is 0 Å². The Bertz CT molecular complexity index is 305. The number of hydrogen-bond donors (Lipinski definition) is 1. The molecule has 1 N–H and O–H groups in total. The van der Waals surface area contributed by atoms with Crippen molar-refractivity contribution in [2.45, 2.75) is 31.7 Å². The number of methoxy groups -OCH3 is 1. The fourth-order valence-corrected chi connectivity index (χ4v) is 2.24. The van der Waals surface area contributed by atoms with Gasteiger partial charge in [0.1, 0.15) is 5.75 Å². The molecule has 82 valence electrons. The number of hydrogen-bond acceptors (Lipinski definition) is 2. The number of benzene rings is 1. The molecule has 1 atom stereocenters. The Morgan fingerprint density at radius 3 is 2.93 bits per heavy atom. The quantitative estimate of drug-likeness (QED) is 0.818. The minimum Gasteiger partial charge on any atom is -0.496 e. The Labute approximate surface area is 91.6 Å². The summed E-state index contributed by atoms with van der Waals surface area (Å²) >= 11 is 0. The topological polar surface area (TPSA) is 21.3 Å². The summed E-state index contributed by atoms with van der Waals surface area (Å²) in [5.41, 5.74) is 1.32. The molecule has 1 aliphatic rings. The molecule has 1 aromatic rings. The van der Waals surface area contributed by atoms with Gasteiger partial charge in [0.25, 0.3) is 0 Å². The highest BCUT2D eigenvalue weighted by atomic mass is 16.5. The zero-order chi connectivity index (χ0) is 10.5. The van der Waals surface area contributed by atoms with Gasteiger partial charge >= 0.3 is 0 Å². The monoisotopic (exact) mass is 205 g/mol. The predicted molar refractivity (Wildman–Crippen MR) is 62.3 cm³/mol. The lowest BCUT2D eigenvalue weighted by Gasteiger charge is -2.24. The first-order valence-corrected chi connectivity index (χ1v) is 5.75. The molecule has 2 rings (SSSR count). The third-order valence-electron chi connectivity index (χ3n) is 3.07. The smallest absolute Gasteiger partial charge is 0.122 e. The second kappa shape index (κ2) is 5.17. The van der Waals surface area contributed by atoms with Crippen LogP contribution in [0.1, 0.15) is 24.8 Å². The van der Waals surface area contributed by atoms with E-state index in [1.807, 2.05) is 12.1 Å². The first-order chi connectivity index (χ1) is 7.40. The fraction of sp³-hybridized carbons (Fsp3) is 0.538. The molecule has 2 nitrogen and oxygen atoms in total. The molecular formula is C13H19NO. The lowest BCUT2D eigenvalue weighted by atomic mass is 9.97. The van der Waals surface area contributed by atoms with Crippen LogP contribution < -0.4 is 10.1 Å². The number of rotatable bonds is 3. The SMILES string of the molecule is COc1ccccc1CC1CCCCN1. The second-order valence-corrected chi connectivity index (χ2v) is 4.16. The zero-order valence-corrected chi connectivity index (χ0v) is 9.33. The van der Waals surface area contributed by atoms with Crippen LogP contribution in [0.2, 0.25) is 0 Å². The van der Waals surface area contributed by atoms with Gasteiger partial charge in [-0.2, -0.15) is 0 Å². The summed E-state index contributed by atoms with van der Waals surface area (Å²) in [6.45, 7) is 1.17. The normalized spacial score (nSPS) is 21.3. The van der Waals surface area contributed by atoms with Gasteiger partial charge in [0.15, 0.2) is 0 Å². The maximum absolute atomic E-state index is 5.36. The summed E-state index contributed by atoms with van der Waals surface area (Å²) in [4.78, 5) is 0. The summed E-state index contributed by atoms with van der Waals surface area (Å²) in [5.74, 6) is 1.02. The fourth-order valence-electron chi connectivity index (χ4n) is 2.24. The van der Waals surface area contributed by atoms with Crippen molar-refractivity contribution in [1.29, 1.82) is 0 Å². The molecule has 1 unspecified atom stereocenters. The average molecular weight is 205 g/mol. The van der Waals surface area contributed by atoms with E-state index in [4.69, 9.17) is 4.74 Å². The summed E-state index contributed by atoms with van der Waals surface area (Å²) in [6, 6.07) is 8.94. The van der Waals surface area contributed by atoms with E-state index in [1.54, 1.807) is 7.11 Å². The molecule has 15 heavy (non-hydrogen) atoms. The van der Waals surface area contributed by atoms with E-state index in [9.17, 15) is 0 Å². The molecule has 0 aliphatic carbocycles. The first kappa shape index (κ1) is 10.5. The van der Waals surface area contributed by atoms with E-state index in [-0.39, 0.29) is 0 Å². The van der Waals surface area contributed by atoms with Crippen molar-refractivity contribution in [2.24, 2.45) is 0 Å². The molecule has 1 aliphatic heterocycles. The maximum Gasteiger partial charge on any atom is 0.122 e. The summed E-state index contributed by atoms with van der Waals surface area (Å²) < 4.78 is 5.36. The predicted octanol–water partition coefficient (Wildman–Crippen LogP) is 2.38. The van der Waals surface area contributed by atoms with E-state index in [0.29, 0.717) is 6.04 Å². The van der Waals surface area contributed by atoms with Crippen molar-refractivity contribution >= 4 is 0 Å². The molecule has 0 aromatic heterocycles. The number of nitrogens with one attached hydrogen (secondary N) is 1. The average Bonchev–Trinajstić information content (AvgIpc) is 2.31. The number of para-hydroxylation sites is 1. The van der Waals surface area contributed by atoms with Crippen LogP contribution in [0.4, 0.5) is 0 Å². The number of piperidine rings is 1. The lowest BCUT2D eigenvalue weighted by Crippen LogP contribution is -2.35. The molecule has 0 amide bonds. The van der Waals surface area contributed by atoms with E-state index < -0.39 is 0 Å². The molecule has 2 heteroatoms. The van der Waals surface area contributed by atoms with Crippen LogP contribution in [-0.4, -0.2) is 19.7 Å². The van der Waals surface area contributed by atoms with Crippen molar-refractivity contribution in [3.05, 3.63) is 29.8 Å². The van der Waals surface area contributed by atoms with Gasteiger partial charge in [-0.05, 0) is 37.4 Å². The van der Waals surface area contributed by atoms with Crippen LogP contribution in [0.25, 0.3) is 0 Å². The number of ether oxygens (including phenoxy) is 1. The van der Waals surface area contributed by atoms with Gasteiger partial charge in [0.2, 0.25) is 0 Å². The van der Waals surface area contributed by atoms with Gasteiger partial charge in [0.05, 0.1) is 7.11 Å². The Hall–Kier alpha value is -1.02. The van der Waals surface area contributed by atoms with Gasteiger partial charge in [-0.3, -0.25) is 0 Å². The van der Waals surface area contributed by atoms with Crippen molar-refractivity contribution < 1.29 is 4.74 Å². The Morgan fingerprint density at radius 1 is 1.33 bits per heavy atom. The third-order valence-corrected chi connectivity index (χ3v) is 3.07. The molecule has 0 bridgehead atoms. The van der Waals surface area contributed by atoms with Crippen molar-refractivity contribution in [3.8, 4) is 5.75 Å². The van der Waals surface area contributed by atoms with E-state index in [2.05, 4.69) is 17.4 Å². The van der Waals surface area contributed by atoms with E-state index >= 15 is 0 Å². The molecule has 0 radical (unpaired) electrons. The van der Waals surface area contributed by atoms with Gasteiger partial charge in [-0.25, -0.2) is 0 Å². The van der Waals surface area contributed by atoms with Crippen LogP contribution in [0.3, 0.4) is 0 Å².